The molecule has 116 valence electrons. The maximum Gasteiger partial charge on any atom is 0.274 e. The summed E-state index contributed by atoms with van der Waals surface area (Å²) >= 11 is 6.12. The van der Waals surface area contributed by atoms with Crippen molar-refractivity contribution in [3.8, 4) is 0 Å². The van der Waals surface area contributed by atoms with Gasteiger partial charge in [0.05, 0.1) is 16.5 Å². The highest BCUT2D eigenvalue weighted by molar-refractivity contribution is 6.31. The number of nitrogens with one attached hydrogen (secondary N) is 2. The molecular formula is C17H14ClN3O2. The number of nitro benzene ring substituents is 1. The lowest BCUT2D eigenvalue weighted by Gasteiger charge is -2.24. The Morgan fingerprint density at radius 2 is 2.04 bits per heavy atom. The first-order valence-corrected chi connectivity index (χ1v) is 7.79. The molecule has 0 saturated heterocycles. The van der Waals surface area contributed by atoms with Crippen LogP contribution < -0.4 is 5.32 Å². The van der Waals surface area contributed by atoms with E-state index in [1.807, 2.05) is 30.3 Å². The van der Waals surface area contributed by atoms with Crippen molar-refractivity contribution in [3.63, 3.8) is 0 Å². The van der Waals surface area contributed by atoms with Crippen molar-refractivity contribution >= 4 is 28.2 Å². The van der Waals surface area contributed by atoms with Crippen LogP contribution in [0.25, 0.3) is 10.9 Å². The van der Waals surface area contributed by atoms with Gasteiger partial charge in [-0.05, 0) is 30.2 Å². The predicted molar refractivity (Wildman–Crippen MR) is 90.0 cm³/mol. The number of nitro groups is 1. The van der Waals surface area contributed by atoms with E-state index in [1.54, 1.807) is 12.1 Å². The molecule has 0 fully saturated rings. The number of benzene rings is 2. The second-order valence-corrected chi connectivity index (χ2v) is 6.10. The number of rotatable bonds is 2. The van der Waals surface area contributed by atoms with Crippen LogP contribution in [0.3, 0.4) is 0 Å². The van der Waals surface area contributed by atoms with E-state index in [0.717, 1.165) is 29.6 Å². The quantitative estimate of drug-likeness (QED) is 0.552. The molecule has 0 saturated carbocycles. The molecule has 23 heavy (non-hydrogen) atoms. The Morgan fingerprint density at radius 3 is 2.87 bits per heavy atom. The minimum atomic E-state index is -0.329. The number of halogens is 1. The average molecular weight is 328 g/mol. The lowest BCUT2D eigenvalue weighted by Crippen LogP contribution is -2.30. The molecule has 1 unspecified atom stereocenters. The van der Waals surface area contributed by atoms with Crippen LogP contribution in [0.15, 0.2) is 42.5 Å². The highest BCUT2D eigenvalue weighted by Gasteiger charge is 2.29. The Balaban J connectivity index is 1.92. The summed E-state index contributed by atoms with van der Waals surface area (Å²) < 4.78 is 0. The Bertz CT molecular complexity index is 919. The SMILES string of the molecule is O=[N+]([O-])c1ccccc1C1NCCc2c1[nH]c1ccc(Cl)cc21. The van der Waals surface area contributed by atoms with Crippen molar-refractivity contribution < 1.29 is 4.92 Å². The Morgan fingerprint density at radius 1 is 1.22 bits per heavy atom. The van der Waals surface area contributed by atoms with E-state index >= 15 is 0 Å². The van der Waals surface area contributed by atoms with Gasteiger partial charge in [0.15, 0.2) is 0 Å². The van der Waals surface area contributed by atoms with Crippen LogP contribution in [0.4, 0.5) is 5.69 Å². The largest absolute Gasteiger partial charge is 0.357 e. The van der Waals surface area contributed by atoms with Crippen LogP contribution in [-0.2, 0) is 6.42 Å². The van der Waals surface area contributed by atoms with Gasteiger partial charge in [-0.3, -0.25) is 10.1 Å². The van der Waals surface area contributed by atoms with Crippen molar-refractivity contribution in [2.24, 2.45) is 0 Å². The van der Waals surface area contributed by atoms with E-state index in [1.165, 1.54) is 5.56 Å². The molecule has 2 aromatic carbocycles. The summed E-state index contributed by atoms with van der Waals surface area (Å²) in [6.45, 7) is 0.767. The molecule has 5 nitrogen and oxygen atoms in total. The first-order chi connectivity index (χ1) is 11.1. The van der Waals surface area contributed by atoms with Gasteiger partial charge < -0.3 is 10.3 Å². The zero-order valence-electron chi connectivity index (χ0n) is 12.2. The third-order valence-corrected chi connectivity index (χ3v) is 4.59. The van der Waals surface area contributed by atoms with Gasteiger partial charge in [-0.25, -0.2) is 0 Å². The van der Waals surface area contributed by atoms with Crippen molar-refractivity contribution in [3.05, 3.63) is 74.4 Å². The highest BCUT2D eigenvalue weighted by Crippen LogP contribution is 2.37. The van der Waals surface area contributed by atoms with Gasteiger partial charge in [-0.2, -0.15) is 0 Å². The van der Waals surface area contributed by atoms with Crippen LogP contribution in [-0.4, -0.2) is 16.5 Å². The van der Waals surface area contributed by atoms with Crippen LogP contribution in [0.2, 0.25) is 5.02 Å². The lowest BCUT2D eigenvalue weighted by molar-refractivity contribution is -0.385. The number of hydrogen-bond donors (Lipinski definition) is 2. The van der Waals surface area contributed by atoms with Gasteiger partial charge in [-0.15, -0.1) is 0 Å². The first kappa shape index (κ1) is 14.2. The van der Waals surface area contributed by atoms with Gasteiger partial charge in [0.1, 0.15) is 0 Å². The Labute approximate surface area is 137 Å². The minimum Gasteiger partial charge on any atom is -0.357 e. The number of aromatic nitrogens is 1. The number of aromatic amines is 1. The van der Waals surface area contributed by atoms with Gasteiger partial charge in [0.25, 0.3) is 5.69 Å². The number of hydrogen-bond acceptors (Lipinski definition) is 3. The maximum absolute atomic E-state index is 11.3. The molecule has 0 radical (unpaired) electrons. The molecule has 6 heteroatoms. The summed E-state index contributed by atoms with van der Waals surface area (Å²) in [6.07, 6.45) is 0.868. The van der Waals surface area contributed by atoms with Gasteiger partial charge >= 0.3 is 0 Å². The summed E-state index contributed by atoms with van der Waals surface area (Å²) in [5.41, 5.74) is 3.99. The number of H-pyrrole nitrogens is 1. The fourth-order valence-corrected chi connectivity index (χ4v) is 3.54. The van der Waals surface area contributed by atoms with Crippen molar-refractivity contribution in [1.29, 1.82) is 0 Å². The second-order valence-electron chi connectivity index (χ2n) is 5.66. The molecule has 0 aliphatic carbocycles. The van der Waals surface area contributed by atoms with E-state index < -0.39 is 0 Å². The second kappa shape index (κ2) is 5.37. The topological polar surface area (TPSA) is 71.0 Å². The molecule has 0 spiro atoms. The smallest absolute Gasteiger partial charge is 0.274 e. The third kappa shape index (κ3) is 2.29. The molecule has 3 aromatic rings. The zero-order chi connectivity index (χ0) is 16.0. The molecular weight excluding hydrogens is 314 g/mol. The van der Waals surface area contributed by atoms with E-state index in [9.17, 15) is 10.1 Å². The molecule has 2 heterocycles. The van der Waals surface area contributed by atoms with Crippen molar-refractivity contribution in [2.75, 3.05) is 6.54 Å². The molecule has 2 N–H and O–H groups in total. The standard InChI is InChI=1S/C17H14ClN3O2/c18-10-5-6-14-13(9-10)11-7-8-19-16(17(11)20-14)12-3-1-2-4-15(12)21(22)23/h1-6,9,16,19-20H,7-8H2. The number of fused-ring (bicyclic) bond motifs is 3. The molecule has 4 rings (SSSR count). The van der Waals surface area contributed by atoms with Gasteiger partial charge in [0.2, 0.25) is 0 Å². The molecule has 1 aliphatic heterocycles. The minimum absolute atomic E-state index is 0.134. The summed E-state index contributed by atoms with van der Waals surface area (Å²) in [5, 5.41) is 16.5. The Kier molecular flexibility index (Phi) is 3.32. The van der Waals surface area contributed by atoms with Crippen molar-refractivity contribution in [1.82, 2.24) is 10.3 Å². The molecule has 1 aliphatic rings. The fourth-order valence-electron chi connectivity index (χ4n) is 3.36. The van der Waals surface area contributed by atoms with Crippen LogP contribution in [0.5, 0.6) is 0 Å². The monoisotopic (exact) mass is 327 g/mol. The maximum atomic E-state index is 11.3. The summed E-state index contributed by atoms with van der Waals surface area (Å²) in [6, 6.07) is 12.4. The Hall–Kier alpha value is -2.37. The number of para-hydroxylation sites is 1. The van der Waals surface area contributed by atoms with E-state index in [-0.39, 0.29) is 16.7 Å². The fraction of sp³-hybridized carbons (Fsp3) is 0.176. The van der Waals surface area contributed by atoms with E-state index in [2.05, 4.69) is 10.3 Å². The van der Waals surface area contributed by atoms with Crippen molar-refractivity contribution in [2.45, 2.75) is 12.5 Å². The summed E-state index contributed by atoms with van der Waals surface area (Å²) in [5.74, 6) is 0. The van der Waals surface area contributed by atoms with Gasteiger partial charge in [0, 0.05) is 34.2 Å². The normalized spacial score (nSPS) is 17.2. The molecule has 0 bridgehead atoms. The van der Waals surface area contributed by atoms with Crippen LogP contribution >= 0.6 is 11.6 Å². The summed E-state index contributed by atoms with van der Waals surface area (Å²) in [4.78, 5) is 14.4. The predicted octanol–water partition coefficient (Wildman–Crippen LogP) is 3.96. The van der Waals surface area contributed by atoms with Crippen LogP contribution in [0.1, 0.15) is 22.9 Å². The van der Waals surface area contributed by atoms with Gasteiger partial charge in [-0.1, -0.05) is 29.8 Å². The van der Waals surface area contributed by atoms with Crippen LogP contribution in [0, 0.1) is 10.1 Å². The third-order valence-electron chi connectivity index (χ3n) is 4.36. The zero-order valence-corrected chi connectivity index (χ0v) is 12.9. The first-order valence-electron chi connectivity index (χ1n) is 7.42. The van der Waals surface area contributed by atoms with E-state index in [0.29, 0.717) is 10.6 Å². The number of nitrogens with zero attached hydrogens (tertiary/aromatic N) is 1. The lowest BCUT2D eigenvalue weighted by atomic mass is 9.93. The van der Waals surface area contributed by atoms with E-state index in [4.69, 9.17) is 11.6 Å². The molecule has 1 aromatic heterocycles. The summed E-state index contributed by atoms with van der Waals surface area (Å²) in [7, 11) is 0. The average Bonchev–Trinajstić information content (AvgIpc) is 2.92. The molecule has 1 atom stereocenters. The highest BCUT2D eigenvalue weighted by atomic mass is 35.5. The molecule has 0 amide bonds.